The zero-order valence-electron chi connectivity index (χ0n) is 28.2. The van der Waals surface area contributed by atoms with Gasteiger partial charge in [0.25, 0.3) is 0 Å². The van der Waals surface area contributed by atoms with Crippen molar-refractivity contribution in [2.75, 3.05) is 0 Å². The van der Waals surface area contributed by atoms with E-state index >= 15 is 0 Å². The van der Waals surface area contributed by atoms with Crippen LogP contribution in [0.3, 0.4) is 0 Å². The summed E-state index contributed by atoms with van der Waals surface area (Å²) in [5.41, 5.74) is 16.3. The largest absolute Gasteiger partial charge is 0.154 e. The van der Waals surface area contributed by atoms with Crippen molar-refractivity contribution < 1.29 is 0 Å². The van der Waals surface area contributed by atoms with Crippen LogP contribution in [0.5, 0.6) is 0 Å². The Kier molecular flexibility index (Phi) is 9.52. The normalized spacial score (nSPS) is 11.3. The Labute approximate surface area is 278 Å². The van der Waals surface area contributed by atoms with Crippen LogP contribution < -0.4 is 15.6 Å². The fraction of sp³-hybridized carbons (Fsp3) is 0.200. The minimum absolute atomic E-state index is 0.949. The highest BCUT2D eigenvalue weighted by Gasteiger charge is 2.21. The average Bonchev–Trinajstić information content (AvgIpc) is 2.96. The van der Waals surface area contributed by atoms with E-state index in [1.807, 2.05) is 0 Å². The molecule has 0 spiro atoms. The highest BCUT2D eigenvalue weighted by atomic mass is 28.3. The summed E-state index contributed by atoms with van der Waals surface area (Å²) in [6.07, 6.45) is 2.85. The van der Waals surface area contributed by atoms with Gasteiger partial charge in [0.2, 0.25) is 0 Å². The van der Waals surface area contributed by atoms with Crippen LogP contribution in [0.15, 0.2) is 127 Å². The molecule has 1 heteroatoms. The predicted molar refractivity (Wildman–Crippen MR) is 200 cm³/mol. The zero-order valence-corrected chi connectivity index (χ0v) is 29.2. The van der Waals surface area contributed by atoms with Crippen molar-refractivity contribution in [1.29, 1.82) is 0 Å². The maximum atomic E-state index is 2.49. The lowest BCUT2D eigenvalue weighted by Crippen LogP contribution is -2.52. The van der Waals surface area contributed by atoms with Gasteiger partial charge in [-0.2, -0.15) is 0 Å². The van der Waals surface area contributed by atoms with Crippen molar-refractivity contribution in [1.82, 2.24) is 0 Å². The second-order valence-corrected chi connectivity index (χ2v) is 16.0. The highest BCUT2D eigenvalue weighted by Crippen LogP contribution is 2.17. The average molecular weight is 614 g/mol. The third-order valence-electron chi connectivity index (χ3n) is 8.72. The molecule has 0 atom stereocenters. The fourth-order valence-corrected chi connectivity index (χ4v) is 10.0. The molecule has 6 aromatic carbocycles. The van der Waals surface area contributed by atoms with Gasteiger partial charge in [0.15, 0.2) is 8.80 Å². The lowest BCUT2D eigenvalue weighted by atomic mass is 10.0. The first-order chi connectivity index (χ1) is 22.2. The molecule has 0 aliphatic heterocycles. The Hall–Kier alpha value is -4.46. The number of rotatable bonds is 9. The first-order valence-electron chi connectivity index (χ1n) is 16.5. The van der Waals surface area contributed by atoms with Crippen LogP contribution in [-0.4, -0.2) is 8.80 Å². The minimum atomic E-state index is -1.27. The topological polar surface area (TPSA) is 0 Å². The summed E-state index contributed by atoms with van der Waals surface area (Å²) in [4.78, 5) is 0. The monoisotopic (exact) mass is 613 g/mol. The molecular formula is C45H45Si. The second-order valence-electron chi connectivity index (χ2n) is 13.5. The molecule has 0 aliphatic rings. The molecule has 6 rings (SSSR count). The summed E-state index contributed by atoms with van der Waals surface area (Å²) >= 11 is 0. The molecule has 1 radical (unpaired) electrons. The Balaban J connectivity index is 1.40. The van der Waals surface area contributed by atoms with E-state index in [0.29, 0.717) is 0 Å². The fourth-order valence-electron chi connectivity index (χ4n) is 7.23. The maximum absolute atomic E-state index is 2.49. The van der Waals surface area contributed by atoms with E-state index in [2.05, 4.69) is 169 Å². The first-order valence-corrected chi connectivity index (χ1v) is 18.0. The molecule has 0 unspecified atom stereocenters. The third-order valence-corrected chi connectivity index (χ3v) is 11.4. The lowest BCUT2D eigenvalue weighted by molar-refractivity contribution is 1.17. The van der Waals surface area contributed by atoms with Crippen molar-refractivity contribution >= 4 is 24.4 Å². The van der Waals surface area contributed by atoms with Gasteiger partial charge >= 0.3 is 0 Å². The molecular weight excluding hydrogens is 569 g/mol. The molecule has 0 saturated carbocycles. The summed E-state index contributed by atoms with van der Waals surface area (Å²) in [7, 11) is -1.27. The van der Waals surface area contributed by atoms with Crippen molar-refractivity contribution in [2.45, 2.75) is 60.8 Å². The summed E-state index contributed by atoms with van der Waals surface area (Å²) < 4.78 is 0. The summed E-state index contributed by atoms with van der Waals surface area (Å²) in [6.45, 7) is 13.2. The molecule has 0 N–H and O–H groups in total. The molecule has 0 aliphatic carbocycles. The van der Waals surface area contributed by atoms with E-state index in [1.54, 1.807) is 0 Å². The quantitative estimate of drug-likeness (QED) is 0.113. The number of hydrogen-bond donors (Lipinski definition) is 0. The van der Waals surface area contributed by atoms with Gasteiger partial charge in [-0.15, -0.1) is 0 Å². The van der Waals surface area contributed by atoms with E-state index in [4.69, 9.17) is 0 Å². The van der Waals surface area contributed by atoms with Crippen molar-refractivity contribution in [2.24, 2.45) is 0 Å². The van der Waals surface area contributed by atoms with Crippen LogP contribution >= 0.6 is 0 Å². The molecule has 6 aromatic rings. The summed E-state index contributed by atoms with van der Waals surface area (Å²) in [5.74, 6) is 0. The predicted octanol–water partition coefficient (Wildman–Crippen LogP) is 8.83. The molecule has 229 valence electrons. The van der Waals surface area contributed by atoms with E-state index in [1.165, 1.54) is 82.3 Å². The van der Waals surface area contributed by atoms with Crippen LogP contribution in [0, 0.1) is 41.5 Å². The Bertz CT molecular complexity index is 1700. The Morgan fingerprint density at radius 2 is 0.565 bits per heavy atom. The first kappa shape index (κ1) is 31.5. The highest BCUT2D eigenvalue weighted by molar-refractivity contribution is 6.95. The summed E-state index contributed by atoms with van der Waals surface area (Å²) in [5, 5.41) is 4.33. The van der Waals surface area contributed by atoms with Crippen LogP contribution in [0.25, 0.3) is 0 Å². The molecule has 0 heterocycles. The molecule has 0 nitrogen and oxygen atoms in total. The van der Waals surface area contributed by atoms with Crippen molar-refractivity contribution in [3.05, 3.63) is 194 Å². The number of benzene rings is 6. The Morgan fingerprint density at radius 3 is 0.826 bits per heavy atom. The van der Waals surface area contributed by atoms with E-state index in [0.717, 1.165) is 19.3 Å². The molecule has 0 fully saturated rings. The van der Waals surface area contributed by atoms with E-state index in [9.17, 15) is 0 Å². The van der Waals surface area contributed by atoms with Gasteiger partial charge in [-0.05, 0) is 94.2 Å². The Morgan fingerprint density at radius 1 is 0.304 bits per heavy atom. The standard InChI is InChI=1S/C45H45Si/c1-31-16-32(2)20-40(19-31)25-37-10-7-13-43(28-37)46(44-14-8-11-38(29-44)26-41-21-33(3)17-34(4)22-41)45-15-9-12-39(30-45)27-42-23-35(5)18-36(6)24-42/h7-24,28-30H,25-27H2,1-6H3. The lowest BCUT2D eigenvalue weighted by Gasteiger charge is -2.20. The molecule has 0 saturated heterocycles. The van der Waals surface area contributed by atoms with E-state index in [-0.39, 0.29) is 0 Å². The van der Waals surface area contributed by atoms with Gasteiger partial charge in [0.05, 0.1) is 0 Å². The molecule has 0 aromatic heterocycles. The molecule has 0 amide bonds. The van der Waals surface area contributed by atoms with Crippen LogP contribution in [-0.2, 0) is 19.3 Å². The van der Waals surface area contributed by atoms with Crippen LogP contribution in [0.4, 0.5) is 0 Å². The van der Waals surface area contributed by atoms with Crippen LogP contribution in [0.2, 0.25) is 0 Å². The third kappa shape index (κ3) is 8.03. The van der Waals surface area contributed by atoms with Gasteiger partial charge in [0, 0.05) is 0 Å². The smallest absolute Gasteiger partial charge is 0.0624 e. The van der Waals surface area contributed by atoms with E-state index < -0.39 is 8.80 Å². The van der Waals surface area contributed by atoms with Gasteiger partial charge in [-0.1, -0.05) is 176 Å². The van der Waals surface area contributed by atoms with Crippen LogP contribution in [0.1, 0.15) is 66.8 Å². The van der Waals surface area contributed by atoms with Gasteiger partial charge in [-0.3, -0.25) is 0 Å². The second kappa shape index (κ2) is 13.9. The van der Waals surface area contributed by atoms with Crippen molar-refractivity contribution in [3.8, 4) is 0 Å². The van der Waals surface area contributed by atoms with Gasteiger partial charge in [0.1, 0.15) is 0 Å². The summed E-state index contributed by atoms with van der Waals surface area (Å²) in [6, 6.07) is 49.1. The number of hydrogen-bond acceptors (Lipinski definition) is 0. The number of aryl methyl sites for hydroxylation is 6. The maximum Gasteiger partial charge on any atom is 0.154 e. The van der Waals surface area contributed by atoms with Crippen molar-refractivity contribution in [3.63, 3.8) is 0 Å². The SMILES string of the molecule is Cc1cc(C)cc(Cc2cccc([Si](c3cccc(Cc4cc(C)cc(C)c4)c3)c3cccc(Cc4cc(C)cc(C)c4)c3)c2)c1. The molecule has 46 heavy (non-hydrogen) atoms. The zero-order chi connectivity index (χ0) is 32.2. The van der Waals surface area contributed by atoms with Gasteiger partial charge < -0.3 is 0 Å². The molecule has 0 bridgehead atoms. The minimum Gasteiger partial charge on any atom is -0.0624 e. The van der Waals surface area contributed by atoms with Gasteiger partial charge in [-0.25, -0.2) is 0 Å².